The molecule has 2 aliphatic rings. The average Bonchev–Trinajstić information content (AvgIpc) is 3.09. The van der Waals surface area contributed by atoms with E-state index in [1.54, 1.807) is 6.20 Å². The summed E-state index contributed by atoms with van der Waals surface area (Å²) in [5, 5.41) is 0. The molecule has 0 amide bonds. The Hall–Kier alpha value is -1.29. The van der Waals surface area contributed by atoms with Gasteiger partial charge in [0.1, 0.15) is 11.9 Å². The fourth-order valence-electron chi connectivity index (χ4n) is 2.92. The quantitative estimate of drug-likeness (QED) is 0.781. The van der Waals surface area contributed by atoms with Gasteiger partial charge in [-0.3, -0.25) is 0 Å². The normalized spacial score (nSPS) is 23.6. The molecule has 0 radical (unpaired) electrons. The molecule has 0 bridgehead atoms. The molecule has 0 spiro atoms. The number of hydrogen-bond acceptors (Lipinski definition) is 6. The van der Waals surface area contributed by atoms with E-state index in [-0.39, 0.29) is 6.61 Å². The van der Waals surface area contributed by atoms with Crippen molar-refractivity contribution in [3.63, 3.8) is 0 Å². The summed E-state index contributed by atoms with van der Waals surface area (Å²) in [7, 11) is -0.474. The Balaban J connectivity index is 1.90. The van der Waals surface area contributed by atoms with Crippen LogP contribution in [0, 0.1) is 0 Å². The molecule has 1 atom stereocenters. The number of morpholine rings is 1. The highest BCUT2D eigenvalue weighted by Crippen LogP contribution is 2.27. The van der Waals surface area contributed by atoms with Crippen molar-refractivity contribution in [1.82, 2.24) is 18.6 Å². The van der Waals surface area contributed by atoms with Crippen LogP contribution >= 0.6 is 0 Å². The minimum Gasteiger partial charge on any atom is -0.378 e. The lowest BCUT2D eigenvalue weighted by Gasteiger charge is -2.35. The molecule has 0 N–H and O–H groups in total. The molecule has 2 fully saturated rings. The monoisotopic (exact) mass is 341 g/mol. The van der Waals surface area contributed by atoms with Gasteiger partial charge < -0.3 is 9.64 Å². The third kappa shape index (κ3) is 3.32. The highest BCUT2D eigenvalue weighted by molar-refractivity contribution is 7.86. The second-order valence-electron chi connectivity index (χ2n) is 5.96. The van der Waals surface area contributed by atoms with Crippen molar-refractivity contribution in [2.45, 2.75) is 18.9 Å². The van der Waals surface area contributed by atoms with Gasteiger partial charge in [0.2, 0.25) is 0 Å². The average molecular weight is 341 g/mol. The second-order valence-corrected chi connectivity index (χ2v) is 8.05. The minimum atomic E-state index is -3.54. The van der Waals surface area contributed by atoms with Gasteiger partial charge in [-0.15, -0.1) is 0 Å². The van der Waals surface area contributed by atoms with Gasteiger partial charge in [-0.25, -0.2) is 9.97 Å². The molecule has 23 heavy (non-hydrogen) atoms. The molecule has 8 nitrogen and oxygen atoms in total. The van der Waals surface area contributed by atoms with Crippen LogP contribution in [0.5, 0.6) is 0 Å². The SMILES string of the molecule is CN(C)S(=O)(=O)N1CCOC[C@H]1c1nccc(N2CCCC2)n1. The van der Waals surface area contributed by atoms with Crippen LogP contribution in [0.2, 0.25) is 0 Å². The van der Waals surface area contributed by atoms with Crippen LogP contribution in [0.1, 0.15) is 24.7 Å². The van der Waals surface area contributed by atoms with Crippen LogP contribution in [0.4, 0.5) is 5.82 Å². The molecular formula is C14H23N5O3S. The van der Waals surface area contributed by atoms with Crippen molar-refractivity contribution in [2.75, 3.05) is 51.8 Å². The third-order valence-corrected chi connectivity index (χ3v) is 6.18. The zero-order chi connectivity index (χ0) is 16.4. The van der Waals surface area contributed by atoms with Crippen LogP contribution < -0.4 is 4.90 Å². The lowest BCUT2D eigenvalue weighted by molar-refractivity contribution is 0.0268. The molecule has 128 valence electrons. The number of ether oxygens (including phenoxy) is 1. The smallest absolute Gasteiger partial charge is 0.282 e. The van der Waals surface area contributed by atoms with Gasteiger partial charge in [-0.05, 0) is 18.9 Å². The Morgan fingerprint density at radius 1 is 1.26 bits per heavy atom. The fraction of sp³-hybridized carbons (Fsp3) is 0.714. The molecule has 0 saturated carbocycles. The maximum atomic E-state index is 12.5. The zero-order valence-corrected chi connectivity index (χ0v) is 14.4. The van der Waals surface area contributed by atoms with E-state index in [1.807, 2.05) is 6.07 Å². The Morgan fingerprint density at radius 2 is 2.00 bits per heavy atom. The Kier molecular flexibility index (Phi) is 4.81. The Bertz CT molecular complexity index is 646. The van der Waals surface area contributed by atoms with Crippen molar-refractivity contribution >= 4 is 16.0 Å². The van der Waals surface area contributed by atoms with Crippen LogP contribution in [0.15, 0.2) is 12.3 Å². The van der Waals surface area contributed by atoms with Gasteiger partial charge in [0.05, 0.1) is 13.2 Å². The maximum Gasteiger partial charge on any atom is 0.282 e. The molecule has 1 aromatic rings. The summed E-state index contributed by atoms with van der Waals surface area (Å²) >= 11 is 0. The predicted octanol–water partition coefficient (Wildman–Crippen LogP) is 0.257. The second kappa shape index (κ2) is 6.68. The van der Waals surface area contributed by atoms with Gasteiger partial charge in [-0.1, -0.05) is 0 Å². The fourth-order valence-corrected chi connectivity index (χ4v) is 4.13. The standard InChI is InChI=1S/C14H23N5O3S/c1-17(2)23(20,21)19-9-10-22-11-12(19)14-15-6-5-13(16-14)18-7-3-4-8-18/h5-6,12H,3-4,7-11H2,1-2H3/t12-/m0/s1. The molecule has 3 heterocycles. The number of anilines is 1. The summed E-state index contributed by atoms with van der Waals surface area (Å²) in [4.78, 5) is 11.1. The molecule has 9 heteroatoms. The van der Waals surface area contributed by atoms with Crippen molar-refractivity contribution < 1.29 is 13.2 Å². The summed E-state index contributed by atoms with van der Waals surface area (Å²) in [6, 6.07) is 1.39. The number of rotatable bonds is 4. The van der Waals surface area contributed by atoms with Crippen molar-refractivity contribution in [3.05, 3.63) is 18.1 Å². The van der Waals surface area contributed by atoms with E-state index >= 15 is 0 Å². The summed E-state index contributed by atoms with van der Waals surface area (Å²) in [5.74, 6) is 1.36. The zero-order valence-electron chi connectivity index (χ0n) is 13.6. The molecule has 0 aromatic carbocycles. The Labute approximate surface area is 137 Å². The summed E-state index contributed by atoms with van der Waals surface area (Å²) in [5.41, 5.74) is 0. The molecule has 0 aliphatic carbocycles. The lowest BCUT2D eigenvalue weighted by Crippen LogP contribution is -2.48. The van der Waals surface area contributed by atoms with E-state index in [0.717, 1.165) is 31.7 Å². The molecule has 0 unspecified atom stereocenters. The Morgan fingerprint density at radius 3 is 2.70 bits per heavy atom. The van der Waals surface area contributed by atoms with E-state index < -0.39 is 16.3 Å². The molecule has 1 aromatic heterocycles. The van der Waals surface area contributed by atoms with Crippen molar-refractivity contribution in [3.8, 4) is 0 Å². The lowest BCUT2D eigenvalue weighted by atomic mass is 10.2. The maximum absolute atomic E-state index is 12.5. The van der Waals surface area contributed by atoms with Crippen LogP contribution in [-0.2, 0) is 14.9 Å². The first-order valence-corrected chi connectivity index (χ1v) is 9.25. The van der Waals surface area contributed by atoms with Gasteiger partial charge in [0.15, 0.2) is 5.82 Å². The number of hydrogen-bond donors (Lipinski definition) is 0. The van der Waals surface area contributed by atoms with Crippen LogP contribution in [-0.4, -0.2) is 73.9 Å². The van der Waals surface area contributed by atoms with E-state index in [4.69, 9.17) is 4.74 Å². The van der Waals surface area contributed by atoms with Crippen LogP contribution in [0.25, 0.3) is 0 Å². The first-order chi connectivity index (χ1) is 11.0. The van der Waals surface area contributed by atoms with E-state index in [1.165, 1.54) is 22.7 Å². The summed E-state index contributed by atoms with van der Waals surface area (Å²) in [6.45, 7) is 2.93. The molecule has 2 aliphatic heterocycles. The highest BCUT2D eigenvalue weighted by atomic mass is 32.2. The van der Waals surface area contributed by atoms with Crippen molar-refractivity contribution in [2.24, 2.45) is 0 Å². The number of nitrogens with zero attached hydrogens (tertiary/aromatic N) is 5. The van der Waals surface area contributed by atoms with Gasteiger partial charge in [-0.2, -0.15) is 17.0 Å². The van der Waals surface area contributed by atoms with Crippen molar-refractivity contribution in [1.29, 1.82) is 0 Å². The number of aromatic nitrogens is 2. The van der Waals surface area contributed by atoms with E-state index in [2.05, 4.69) is 14.9 Å². The first kappa shape index (κ1) is 16.6. The van der Waals surface area contributed by atoms with Gasteiger partial charge in [0, 0.05) is 39.9 Å². The van der Waals surface area contributed by atoms with E-state index in [0.29, 0.717) is 19.0 Å². The highest BCUT2D eigenvalue weighted by Gasteiger charge is 2.37. The molecular weight excluding hydrogens is 318 g/mol. The molecule has 3 rings (SSSR count). The van der Waals surface area contributed by atoms with E-state index in [9.17, 15) is 8.42 Å². The minimum absolute atomic E-state index is 0.274. The summed E-state index contributed by atoms with van der Waals surface area (Å²) < 4.78 is 33.2. The van der Waals surface area contributed by atoms with Crippen LogP contribution in [0.3, 0.4) is 0 Å². The largest absolute Gasteiger partial charge is 0.378 e. The summed E-state index contributed by atoms with van der Waals surface area (Å²) in [6.07, 6.45) is 4.02. The van der Waals surface area contributed by atoms with Gasteiger partial charge in [0.25, 0.3) is 10.2 Å². The molecule has 2 saturated heterocycles. The predicted molar refractivity (Wildman–Crippen MR) is 86.4 cm³/mol. The first-order valence-electron chi connectivity index (χ1n) is 7.85. The topological polar surface area (TPSA) is 78.9 Å². The van der Waals surface area contributed by atoms with Gasteiger partial charge >= 0.3 is 0 Å². The third-order valence-electron chi connectivity index (χ3n) is 4.22.